The van der Waals surface area contributed by atoms with Crippen molar-refractivity contribution in [3.63, 3.8) is 0 Å². The molecule has 0 radical (unpaired) electrons. The molecule has 16 heavy (non-hydrogen) atoms. The van der Waals surface area contributed by atoms with Gasteiger partial charge in [-0.2, -0.15) is 0 Å². The van der Waals surface area contributed by atoms with Gasteiger partial charge in [0.2, 0.25) is 0 Å². The number of thiophene rings is 1. The third-order valence-electron chi connectivity index (χ3n) is 3.25. The van der Waals surface area contributed by atoms with Crippen molar-refractivity contribution in [3.05, 3.63) is 20.8 Å². The van der Waals surface area contributed by atoms with Crippen LogP contribution in [0.25, 0.3) is 0 Å². The molecule has 0 aromatic carbocycles. The van der Waals surface area contributed by atoms with Gasteiger partial charge in [0.05, 0.1) is 0 Å². The van der Waals surface area contributed by atoms with E-state index in [9.17, 15) is 0 Å². The Hall–Kier alpha value is 0.1000. The van der Waals surface area contributed by atoms with Gasteiger partial charge in [0.15, 0.2) is 0 Å². The van der Waals surface area contributed by atoms with Crippen molar-refractivity contribution in [2.75, 3.05) is 13.1 Å². The van der Waals surface area contributed by atoms with Crippen LogP contribution in [0.2, 0.25) is 0 Å². The molecule has 1 aliphatic heterocycles. The Morgan fingerprint density at radius 1 is 1.62 bits per heavy atom. The van der Waals surface area contributed by atoms with Gasteiger partial charge in [-0.25, -0.2) is 0 Å². The fourth-order valence-electron chi connectivity index (χ4n) is 2.12. The number of piperazine rings is 1. The fraction of sp³-hybridized carbons (Fsp3) is 0.667. The molecule has 1 fully saturated rings. The SMILES string of the molecule is CCC1CN(Cc2cc(Br)cs2)C(C)CN1. The van der Waals surface area contributed by atoms with Crippen molar-refractivity contribution in [2.45, 2.75) is 38.9 Å². The molecule has 0 bridgehead atoms. The molecule has 1 aromatic heterocycles. The fourth-order valence-corrected chi connectivity index (χ4v) is 3.60. The summed E-state index contributed by atoms with van der Waals surface area (Å²) in [6.07, 6.45) is 1.22. The molecule has 1 saturated heterocycles. The number of halogens is 1. The van der Waals surface area contributed by atoms with Gasteiger partial charge < -0.3 is 5.32 Å². The van der Waals surface area contributed by atoms with Gasteiger partial charge in [-0.15, -0.1) is 11.3 Å². The number of nitrogens with one attached hydrogen (secondary N) is 1. The Labute approximate surface area is 110 Å². The Kier molecular flexibility index (Phi) is 4.41. The van der Waals surface area contributed by atoms with E-state index < -0.39 is 0 Å². The standard InChI is InChI=1S/C12H19BrN2S/c1-3-11-6-15(9(2)5-14-11)7-12-4-10(13)8-16-12/h4,8-9,11,14H,3,5-7H2,1-2H3. The molecule has 2 heterocycles. The molecule has 2 nitrogen and oxygen atoms in total. The summed E-state index contributed by atoms with van der Waals surface area (Å²) in [6.45, 7) is 7.95. The monoisotopic (exact) mass is 302 g/mol. The quantitative estimate of drug-likeness (QED) is 0.923. The maximum atomic E-state index is 3.59. The van der Waals surface area contributed by atoms with E-state index in [1.807, 2.05) is 11.3 Å². The average molecular weight is 303 g/mol. The van der Waals surface area contributed by atoms with Gasteiger partial charge >= 0.3 is 0 Å². The van der Waals surface area contributed by atoms with Gasteiger partial charge in [0, 0.05) is 46.4 Å². The van der Waals surface area contributed by atoms with Gasteiger partial charge in [0.1, 0.15) is 0 Å². The topological polar surface area (TPSA) is 15.3 Å². The van der Waals surface area contributed by atoms with E-state index in [-0.39, 0.29) is 0 Å². The van der Waals surface area contributed by atoms with E-state index in [2.05, 4.69) is 51.4 Å². The molecular weight excluding hydrogens is 284 g/mol. The van der Waals surface area contributed by atoms with Crippen molar-refractivity contribution in [1.82, 2.24) is 10.2 Å². The summed E-state index contributed by atoms with van der Waals surface area (Å²) in [5.74, 6) is 0. The zero-order valence-electron chi connectivity index (χ0n) is 9.87. The highest BCUT2D eigenvalue weighted by Gasteiger charge is 2.23. The lowest BCUT2D eigenvalue weighted by atomic mass is 10.1. The van der Waals surface area contributed by atoms with Gasteiger partial charge in [-0.1, -0.05) is 6.92 Å². The van der Waals surface area contributed by atoms with Crippen LogP contribution in [-0.2, 0) is 6.54 Å². The molecule has 0 saturated carbocycles. The molecule has 0 aliphatic carbocycles. The summed E-state index contributed by atoms with van der Waals surface area (Å²) < 4.78 is 1.21. The molecule has 1 N–H and O–H groups in total. The molecule has 0 amide bonds. The highest BCUT2D eigenvalue weighted by Crippen LogP contribution is 2.22. The minimum absolute atomic E-state index is 0.642. The second kappa shape index (κ2) is 5.63. The lowest BCUT2D eigenvalue weighted by molar-refractivity contribution is 0.133. The van der Waals surface area contributed by atoms with Crippen LogP contribution < -0.4 is 5.32 Å². The first-order chi connectivity index (χ1) is 7.69. The maximum Gasteiger partial charge on any atom is 0.0332 e. The largest absolute Gasteiger partial charge is 0.311 e. The van der Waals surface area contributed by atoms with E-state index >= 15 is 0 Å². The summed E-state index contributed by atoms with van der Waals surface area (Å²) in [6, 6.07) is 3.55. The van der Waals surface area contributed by atoms with E-state index in [1.165, 1.54) is 22.3 Å². The van der Waals surface area contributed by atoms with E-state index in [4.69, 9.17) is 0 Å². The minimum atomic E-state index is 0.642. The molecule has 2 unspecified atom stereocenters. The molecule has 1 aromatic rings. The highest BCUT2D eigenvalue weighted by atomic mass is 79.9. The third kappa shape index (κ3) is 3.06. The Balaban J connectivity index is 1.96. The third-order valence-corrected chi connectivity index (χ3v) is 4.94. The van der Waals surface area contributed by atoms with Crippen molar-refractivity contribution >= 4 is 27.3 Å². The Morgan fingerprint density at radius 2 is 2.44 bits per heavy atom. The summed E-state index contributed by atoms with van der Waals surface area (Å²) >= 11 is 5.36. The summed E-state index contributed by atoms with van der Waals surface area (Å²) in [7, 11) is 0. The van der Waals surface area contributed by atoms with Crippen LogP contribution in [0.15, 0.2) is 15.9 Å². The molecule has 90 valence electrons. The predicted octanol–water partition coefficient (Wildman–Crippen LogP) is 3.08. The molecule has 0 spiro atoms. The van der Waals surface area contributed by atoms with Crippen LogP contribution >= 0.6 is 27.3 Å². The smallest absolute Gasteiger partial charge is 0.0332 e. The van der Waals surface area contributed by atoms with Gasteiger partial charge in [-0.3, -0.25) is 4.90 Å². The average Bonchev–Trinajstić information content (AvgIpc) is 2.67. The van der Waals surface area contributed by atoms with Crippen LogP contribution in [0.3, 0.4) is 0 Å². The van der Waals surface area contributed by atoms with Gasteiger partial charge in [-0.05, 0) is 35.3 Å². The predicted molar refractivity (Wildman–Crippen MR) is 74.0 cm³/mol. The Morgan fingerprint density at radius 3 is 3.06 bits per heavy atom. The Bertz CT molecular complexity index is 340. The number of hydrogen-bond donors (Lipinski definition) is 1. The second-order valence-corrected chi connectivity index (χ2v) is 6.43. The number of hydrogen-bond acceptors (Lipinski definition) is 3. The van der Waals surface area contributed by atoms with Gasteiger partial charge in [0.25, 0.3) is 0 Å². The van der Waals surface area contributed by atoms with Crippen molar-refractivity contribution in [2.24, 2.45) is 0 Å². The van der Waals surface area contributed by atoms with E-state index in [1.54, 1.807) is 0 Å². The molecule has 2 rings (SSSR count). The first kappa shape index (κ1) is 12.6. The molecule has 2 atom stereocenters. The van der Waals surface area contributed by atoms with E-state index in [0.717, 1.165) is 13.1 Å². The maximum absolute atomic E-state index is 3.59. The number of rotatable bonds is 3. The first-order valence-corrected chi connectivity index (χ1v) is 7.56. The summed E-state index contributed by atoms with van der Waals surface area (Å²) in [5, 5.41) is 5.76. The van der Waals surface area contributed by atoms with Crippen LogP contribution in [0.1, 0.15) is 25.1 Å². The van der Waals surface area contributed by atoms with Crippen molar-refractivity contribution < 1.29 is 0 Å². The van der Waals surface area contributed by atoms with Crippen LogP contribution in [0.5, 0.6) is 0 Å². The lowest BCUT2D eigenvalue weighted by Crippen LogP contribution is -2.54. The summed E-state index contributed by atoms with van der Waals surface area (Å²) in [5.41, 5.74) is 0. The minimum Gasteiger partial charge on any atom is -0.311 e. The summed E-state index contributed by atoms with van der Waals surface area (Å²) in [4.78, 5) is 4.04. The molecule has 1 aliphatic rings. The number of nitrogens with zero attached hydrogens (tertiary/aromatic N) is 1. The lowest BCUT2D eigenvalue weighted by Gasteiger charge is -2.38. The van der Waals surface area contributed by atoms with E-state index in [0.29, 0.717) is 12.1 Å². The van der Waals surface area contributed by atoms with Crippen LogP contribution in [-0.4, -0.2) is 30.1 Å². The highest BCUT2D eigenvalue weighted by molar-refractivity contribution is 9.10. The van der Waals surface area contributed by atoms with Crippen LogP contribution in [0.4, 0.5) is 0 Å². The first-order valence-electron chi connectivity index (χ1n) is 5.89. The van der Waals surface area contributed by atoms with Crippen LogP contribution in [0, 0.1) is 0 Å². The van der Waals surface area contributed by atoms with Crippen molar-refractivity contribution in [3.8, 4) is 0 Å². The zero-order chi connectivity index (χ0) is 11.5. The normalized spacial score (nSPS) is 27.2. The molecular formula is C12H19BrN2S. The zero-order valence-corrected chi connectivity index (χ0v) is 12.3. The second-order valence-electron chi connectivity index (χ2n) is 4.52. The van der Waals surface area contributed by atoms with Crippen molar-refractivity contribution in [1.29, 1.82) is 0 Å². The molecule has 4 heteroatoms.